The summed E-state index contributed by atoms with van der Waals surface area (Å²) in [6, 6.07) is 5.25. The second-order valence-corrected chi connectivity index (χ2v) is 6.15. The number of piperidine rings is 1. The molecule has 1 aliphatic heterocycles. The number of benzene rings is 1. The van der Waals surface area contributed by atoms with Gasteiger partial charge in [-0.05, 0) is 42.9 Å². The van der Waals surface area contributed by atoms with Gasteiger partial charge in [0.25, 0.3) is 0 Å². The van der Waals surface area contributed by atoms with Crippen molar-refractivity contribution in [2.75, 3.05) is 18.0 Å². The van der Waals surface area contributed by atoms with Gasteiger partial charge in [-0.3, -0.25) is 0 Å². The SMILES string of the molecule is CC(N)c1ccc(N2CCC(C)(C)CC2)c(F)c1. The van der Waals surface area contributed by atoms with E-state index in [4.69, 9.17) is 5.73 Å². The standard InChI is InChI=1S/C15H23FN2/c1-11(17)12-4-5-14(13(16)10-12)18-8-6-15(2,3)7-9-18/h4-5,10-11H,6-9,17H2,1-3H3. The number of halogens is 1. The number of hydrogen-bond acceptors (Lipinski definition) is 2. The molecule has 1 atom stereocenters. The Bertz CT molecular complexity index is 417. The van der Waals surface area contributed by atoms with E-state index < -0.39 is 0 Å². The molecule has 2 nitrogen and oxygen atoms in total. The first kappa shape index (κ1) is 13.3. The molecule has 1 saturated heterocycles. The molecule has 1 heterocycles. The van der Waals surface area contributed by atoms with E-state index in [1.54, 1.807) is 6.07 Å². The van der Waals surface area contributed by atoms with Crippen LogP contribution in [0.5, 0.6) is 0 Å². The van der Waals surface area contributed by atoms with Gasteiger partial charge in [0.15, 0.2) is 0 Å². The van der Waals surface area contributed by atoms with Gasteiger partial charge in [-0.15, -0.1) is 0 Å². The maximum atomic E-state index is 14.1. The molecule has 0 bridgehead atoms. The predicted molar refractivity (Wildman–Crippen MR) is 74.2 cm³/mol. The van der Waals surface area contributed by atoms with Crippen molar-refractivity contribution in [1.82, 2.24) is 0 Å². The summed E-state index contributed by atoms with van der Waals surface area (Å²) in [6.45, 7) is 8.29. The quantitative estimate of drug-likeness (QED) is 0.870. The van der Waals surface area contributed by atoms with Crippen LogP contribution in [0, 0.1) is 11.2 Å². The number of rotatable bonds is 2. The van der Waals surface area contributed by atoms with Crippen LogP contribution in [0.1, 0.15) is 45.2 Å². The zero-order valence-corrected chi connectivity index (χ0v) is 11.5. The Hall–Kier alpha value is -1.09. The van der Waals surface area contributed by atoms with Crippen molar-refractivity contribution < 1.29 is 4.39 Å². The Kier molecular flexibility index (Phi) is 3.62. The molecule has 0 radical (unpaired) electrons. The molecule has 0 aliphatic carbocycles. The van der Waals surface area contributed by atoms with Crippen molar-refractivity contribution in [3.8, 4) is 0 Å². The summed E-state index contributed by atoms with van der Waals surface area (Å²) in [4.78, 5) is 2.14. The molecule has 0 aromatic heterocycles. The van der Waals surface area contributed by atoms with E-state index in [1.807, 2.05) is 19.1 Å². The van der Waals surface area contributed by atoms with Crippen LogP contribution >= 0.6 is 0 Å². The fourth-order valence-corrected chi connectivity index (χ4v) is 2.42. The van der Waals surface area contributed by atoms with Crippen molar-refractivity contribution in [3.63, 3.8) is 0 Å². The molecule has 3 heteroatoms. The van der Waals surface area contributed by atoms with Gasteiger partial charge < -0.3 is 10.6 Å². The van der Waals surface area contributed by atoms with Crippen molar-refractivity contribution >= 4 is 5.69 Å². The number of anilines is 1. The molecular weight excluding hydrogens is 227 g/mol. The van der Waals surface area contributed by atoms with Crippen LogP contribution < -0.4 is 10.6 Å². The molecule has 1 unspecified atom stereocenters. The molecule has 1 aliphatic rings. The second kappa shape index (κ2) is 4.88. The van der Waals surface area contributed by atoms with Crippen LogP contribution in [0.3, 0.4) is 0 Å². The highest BCUT2D eigenvalue weighted by Gasteiger charge is 2.26. The minimum Gasteiger partial charge on any atom is -0.369 e. The van der Waals surface area contributed by atoms with Gasteiger partial charge in [-0.2, -0.15) is 0 Å². The molecule has 1 fully saturated rings. The lowest BCUT2D eigenvalue weighted by Crippen LogP contribution is -2.37. The van der Waals surface area contributed by atoms with E-state index in [-0.39, 0.29) is 11.9 Å². The lowest BCUT2D eigenvalue weighted by atomic mass is 9.82. The van der Waals surface area contributed by atoms with Gasteiger partial charge >= 0.3 is 0 Å². The van der Waals surface area contributed by atoms with Gasteiger partial charge in [0.2, 0.25) is 0 Å². The van der Waals surface area contributed by atoms with Crippen LogP contribution in [-0.4, -0.2) is 13.1 Å². The van der Waals surface area contributed by atoms with Gasteiger partial charge in [-0.25, -0.2) is 4.39 Å². The smallest absolute Gasteiger partial charge is 0.146 e. The van der Waals surface area contributed by atoms with Crippen molar-refractivity contribution in [1.29, 1.82) is 0 Å². The van der Waals surface area contributed by atoms with Crippen molar-refractivity contribution in [3.05, 3.63) is 29.6 Å². The fourth-order valence-electron chi connectivity index (χ4n) is 2.42. The third-order valence-electron chi connectivity index (χ3n) is 3.96. The zero-order valence-electron chi connectivity index (χ0n) is 11.5. The molecule has 1 aromatic carbocycles. The molecular formula is C15H23FN2. The Balaban J connectivity index is 2.15. The monoisotopic (exact) mass is 250 g/mol. The molecule has 0 saturated carbocycles. The first-order valence-electron chi connectivity index (χ1n) is 6.69. The van der Waals surface area contributed by atoms with Gasteiger partial charge in [0.05, 0.1) is 5.69 Å². The highest BCUT2D eigenvalue weighted by Crippen LogP contribution is 2.33. The van der Waals surface area contributed by atoms with Gasteiger partial charge in [0, 0.05) is 19.1 Å². The van der Waals surface area contributed by atoms with E-state index >= 15 is 0 Å². The topological polar surface area (TPSA) is 29.3 Å². The third kappa shape index (κ3) is 2.83. The molecule has 18 heavy (non-hydrogen) atoms. The highest BCUT2D eigenvalue weighted by atomic mass is 19.1. The van der Waals surface area contributed by atoms with Crippen LogP contribution in [0.2, 0.25) is 0 Å². The maximum Gasteiger partial charge on any atom is 0.146 e. The molecule has 2 N–H and O–H groups in total. The summed E-state index contributed by atoms with van der Waals surface area (Å²) in [5.74, 6) is -0.149. The summed E-state index contributed by atoms with van der Waals surface area (Å²) < 4.78 is 14.1. The van der Waals surface area contributed by atoms with Crippen LogP contribution in [0.25, 0.3) is 0 Å². The first-order valence-corrected chi connectivity index (χ1v) is 6.69. The van der Waals surface area contributed by atoms with E-state index in [0.29, 0.717) is 5.41 Å². The number of hydrogen-bond donors (Lipinski definition) is 1. The minimum atomic E-state index is -0.149. The third-order valence-corrected chi connectivity index (χ3v) is 3.96. The summed E-state index contributed by atoms with van der Waals surface area (Å²) in [5, 5.41) is 0. The summed E-state index contributed by atoms with van der Waals surface area (Å²) in [5.41, 5.74) is 7.73. The zero-order chi connectivity index (χ0) is 13.3. The molecule has 0 amide bonds. The number of nitrogens with two attached hydrogens (primary N) is 1. The Labute approximate surface area is 109 Å². The summed E-state index contributed by atoms with van der Waals surface area (Å²) in [6.07, 6.45) is 2.23. The number of nitrogens with zero attached hydrogens (tertiary/aromatic N) is 1. The fraction of sp³-hybridized carbons (Fsp3) is 0.600. The van der Waals surface area contributed by atoms with E-state index in [1.165, 1.54) is 0 Å². The predicted octanol–water partition coefficient (Wildman–Crippen LogP) is 3.47. The van der Waals surface area contributed by atoms with E-state index in [9.17, 15) is 4.39 Å². The Morgan fingerprint density at radius 3 is 2.39 bits per heavy atom. The molecule has 100 valence electrons. The van der Waals surface area contributed by atoms with Crippen molar-refractivity contribution in [2.45, 2.75) is 39.7 Å². The largest absolute Gasteiger partial charge is 0.369 e. The van der Waals surface area contributed by atoms with Crippen molar-refractivity contribution in [2.24, 2.45) is 11.1 Å². The average Bonchev–Trinajstić information content (AvgIpc) is 2.29. The lowest BCUT2D eigenvalue weighted by Gasteiger charge is -2.38. The average molecular weight is 250 g/mol. The second-order valence-electron chi connectivity index (χ2n) is 6.15. The lowest BCUT2D eigenvalue weighted by molar-refractivity contribution is 0.279. The van der Waals surface area contributed by atoms with Gasteiger partial charge in [0.1, 0.15) is 5.82 Å². The normalized spacial score (nSPS) is 20.8. The molecule has 1 aromatic rings. The van der Waals surface area contributed by atoms with E-state index in [0.717, 1.165) is 37.2 Å². The Morgan fingerprint density at radius 2 is 1.89 bits per heavy atom. The van der Waals surface area contributed by atoms with Crippen LogP contribution in [0.4, 0.5) is 10.1 Å². The summed E-state index contributed by atoms with van der Waals surface area (Å²) >= 11 is 0. The van der Waals surface area contributed by atoms with Gasteiger partial charge in [-0.1, -0.05) is 19.9 Å². The van der Waals surface area contributed by atoms with Crippen LogP contribution in [0.15, 0.2) is 18.2 Å². The molecule has 0 spiro atoms. The first-order chi connectivity index (χ1) is 8.39. The summed E-state index contributed by atoms with van der Waals surface area (Å²) in [7, 11) is 0. The van der Waals surface area contributed by atoms with Crippen LogP contribution in [-0.2, 0) is 0 Å². The Morgan fingerprint density at radius 1 is 1.28 bits per heavy atom. The molecule has 2 rings (SSSR count). The maximum absolute atomic E-state index is 14.1. The minimum absolute atomic E-state index is 0.117. The highest BCUT2D eigenvalue weighted by molar-refractivity contribution is 5.50. The van der Waals surface area contributed by atoms with E-state index in [2.05, 4.69) is 18.7 Å².